The van der Waals surface area contributed by atoms with Gasteiger partial charge in [-0.3, -0.25) is 4.79 Å². The van der Waals surface area contributed by atoms with Crippen molar-refractivity contribution in [2.24, 2.45) is 5.92 Å². The molecule has 0 aromatic carbocycles. The van der Waals surface area contributed by atoms with Crippen LogP contribution in [-0.2, 0) is 4.79 Å². The molecule has 1 N–H and O–H groups in total. The minimum Gasteiger partial charge on any atom is -0.378 e. The van der Waals surface area contributed by atoms with E-state index in [2.05, 4.69) is 37.2 Å². The molecule has 1 rings (SSSR count). The molecular formula is C15H28N2O. The van der Waals surface area contributed by atoms with E-state index in [0.29, 0.717) is 12.5 Å². The molecule has 1 aliphatic carbocycles. The Morgan fingerprint density at radius 1 is 1.33 bits per heavy atom. The van der Waals surface area contributed by atoms with E-state index in [4.69, 9.17) is 0 Å². The molecule has 0 bridgehead atoms. The highest BCUT2D eigenvalue weighted by Gasteiger charge is 2.22. The van der Waals surface area contributed by atoms with Gasteiger partial charge in [0.2, 0.25) is 5.91 Å². The lowest BCUT2D eigenvalue weighted by Gasteiger charge is -2.32. The van der Waals surface area contributed by atoms with Crippen LogP contribution in [0.3, 0.4) is 0 Å². The average Bonchev–Trinajstić information content (AvgIpc) is 2.39. The average molecular weight is 252 g/mol. The van der Waals surface area contributed by atoms with E-state index in [-0.39, 0.29) is 5.91 Å². The lowest BCUT2D eigenvalue weighted by Crippen LogP contribution is -2.38. The van der Waals surface area contributed by atoms with Crippen molar-refractivity contribution in [2.45, 2.75) is 58.9 Å². The molecule has 1 amide bonds. The van der Waals surface area contributed by atoms with E-state index in [1.54, 1.807) is 0 Å². The molecule has 3 heteroatoms. The van der Waals surface area contributed by atoms with Gasteiger partial charge in [-0.15, -0.1) is 0 Å². The lowest BCUT2D eigenvalue weighted by atomic mass is 9.85. The number of hydrogen-bond donors (Lipinski definition) is 1. The molecule has 104 valence electrons. The van der Waals surface area contributed by atoms with Crippen molar-refractivity contribution >= 4 is 5.91 Å². The van der Waals surface area contributed by atoms with Gasteiger partial charge in [0.25, 0.3) is 0 Å². The Morgan fingerprint density at radius 3 is 2.44 bits per heavy atom. The highest BCUT2D eigenvalue weighted by Crippen LogP contribution is 2.25. The maximum absolute atomic E-state index is 11.3. The second-order valence-corrected chi connectivity index (χ2v) is 5.45. The highest BCUT2D eigenvalue weighted by molar-refractivity contribution is 5.75. The maximum Gasteiger partial charge on any atom is 0.219 e. The summed E-state index contributed by atoms with van der Waals surface area (Å²) in [5.74, 6) is 0.972. The molecule has 0 aromatic rings. The summed E-state index contributed by atoms with van der Waals surface area (Å²) < 4.78 is 0. The molecule has 0 heterocycles. The van der Waals surface area contributed by atoms with Crippen molar-refractivity contribution in [3.63, 3.8) is 0 Å². The van der Waals surface area contributed by atoms with Crippen LogP contribution in [0.15, 0.2) is 11.8 Å². The Labute approximate surface area is 112 Å². The van der Waals surface area contributed by atoms with E-state index in [0.717, 1.165) is 25.3 Å². The summed E-state index contributed by atoms with van der Waals surface area (Å²) in [6.07, 6.45) is 7.50. The van der Waals surface area contributed by atoms with Gasteiger partial charge in [0, 0.05) is 31.8 Å². The first kappa shape index (κ1) is 15.1. The summed E-state index contributed by atoms with van der Waals surface area (Å²) in [6.45, 7) is 7.30. The quantitative estimate of drug-likeness (QED) is 0.816. The molecule has 0 atom stereocenters. The zero-order valence-electron chi connectivity index (χ0n) is 12.3. The van der Waals surface area contributed by atoms with Crippen LogP contribution in [0.2, 0.25) is 0 Å². The van der Waals surface area contributed by atoms with Crippen molar-refractivity contribution in [3.8, 4) is 0 Å². The summed E-state index contributed by atoms with van der Waals surface area (Å²) in [4.78, 5) is 13.7. The summed E-state index contributed by atoms with van der Waals surface area (Å²) >= 11 is 0. The molecule has 18 heavy (non-hydrogen) atoms. The number of nitrogens with zero attached hydrogens (tertiary/aromatic N) is 1. The molecule has 0 aliphatic heterocycles. The topological polar surface area (TPSA) is 32.3 Å². The maximum atomic E-state index is 11.3. The summed E-state index contributed by atoms with van der Waals surface area (Å²) in [5, 5.41) is 3.11. The monoisotopic (exact) mass is 252 g/mol. The predicted molar refractivity (Wildman–Crippen MR) is 76.2 cm³/mol. The molecule has 3 nitrogen and oxygen atoms in total. The molecule has 1 saturated carbocycles. The van der Waals surface area contributed by atoms with Crippen molar-refractivity contribution < 1.29 is 4.79 Å². The SMILES string of the molecule is CC=C(C)N(C)CC1CCC(NC(=O)CC)CC1. The van der Waals surface area contributed by atoms with E-state index in [1.165, 1.54) is 18.5 Å². The van der Waals surface area contributed by atoms with Gasteiger partial charge in [0.1, 0.15) is 0 Å². The Morgan fingerprint density at radius 2 is 1.94 bits per heavy atom. The second-order valence-electron chi connectivity index (χ2n) is 5.45. The van der Waals surface area contributed by atoms with Crippen LogP contribution in [0.4, 0.5) is 0 Å². The molecule has 0 unspecified atom stereocenters. The van der Waals surface area contributed by atoms with Crippen molar-refractivity contribution in [1.29, 1.82) is 0 Å². The number of carbonyl (C=O) groups is 1. The lowest BCUT2D eigenvalue weighted by molar-refractivity contribution is -0.121. The molecular weight excluding hydrogens is 224 g/mol. The first-order valence-corrected chi connectivity index (χ1v) is 7.20. The molecule has 0 saturated heterocycles. The Kier molecular flexibility index (Phi) is 6.23. The number of allylic oxidation sites excluding steroid dienone is 2. The van der Waals surface area contributed by atoms with Gasteiger partial charge in [-0.25, -0.2) is 0 Å². The number of carbonyl (C=O) groups excluding carboxylic acids is 1. The van der Waals surface area contributed by atoms with E-state index in [9.17, 15) is 4.79 Å². The molecule has 1 fully saturated rings. The van der Waals surface area contributed by atoms with Crippen LogP contribution in [-0.4, -0.2) is 30.4 Å². The van der Waals surface area contributed by atoms with Crippen molar-refractivity contribution in [1.82, 2.24) is 10.2 Å². The number of nitrogens with one attached hydrogen (secondary N) is 1. The third kappa shape index (κ3) is 4.71. The fraction of sp³-hybridized carbons (Fsp3) is 0.800. The van der Waals surface area contributed by atoms with E-state index >= 15 is 0 Å². The first-order chi connectivity index (χ1) is 8.56. The number of rotatable bonds is 5. The van der Waals surface area contributed by atoms with Gasteiger partial charge in [-0.05, 0) is 45.4 Å². The summed E-state index contributed by atoms with van der Waals surface area (Å²) in [5.41, 5.74) is 1.34. The molecule has 0 radical (unpaired) electrons. The fourth-order valence-corrected chi connectivity index (χ4v) is 2.57. The van der Waals surface area contributed by atoms with Crippen molar-refractivity contribution in [2.75, 3.05) is 13.6 Å². The minimum absolute atomic E-state index is 0.195. The third-order valence-corrected chi connectivity index (χ3v) is 4.08. The molecule has 0 aromatic heterocycles. The zero-order valence-corrected chi connectivity index (χ0v) is 12.3. The molecule has 1 aliphatic rings. The summed E-state index contributed by atoms with van der Waals surface area (Å²) in [6, 6.07) is 0.418. The van der Waals surface area contributed by atoms with Crippen molar-refractivity contribution in [3.05, 3.63) is 11.8 Å². The number of hydrogen-bond acceptors (Lipinski definition) is 2. The zero-order chi connectivity index (χ0) is 13.5. The standard InChI is InChI=1S/C15H28N2O/c1-5-12(3)17(4)11-13-7-9-14(10-8-13)16-15(18)6-2/h5,13-14H,6-11H2,1-4H3,(H,16,18). The summed E-state index contributed by atoms with van der Waals surface area (Å²) in [7, 11) is 2.17. The van der Waals surface area contributed by atoms with Gasteiger partial charge in [-0.1, -0.05) is 13.0 Å². The second kappa shape index (κ2) is 7.45. The third-order valence-electron chi connectivity index (χ3n) is 4.08. The fourth-order valence-electron chi connectivity index (χ4n) is 2.57. The number of amides is 1. The van der Waals surface area contributed by atoms with E-state index in [1.807, 2.05) is 6.92 Å². The predicted octanol–water partition coefficient (Wildman–Crippen LogP) is 2.93. The Bertz CT molecular complexity index is 291. The largest absolute Gasteiger partial charge is 0.378 e. The Hall–Kier alpha value is -0.990. The smallest absolute Gasteiger partial charge is 0.219 e. The van der Waals surface area contributed by atoms with Gasteiger partial charge in [0.05, 0.1) is 0 Å². The van der Waals surface area contributed by atoms with Crippen LogP contribution in [0.1, 0.15) is 52.9 Å². The van der Waals surface area contributed by atoms with Gasteiger partial charge < -0.3 is 10.2 Å². The van der Waals surface area contributed by atoms with Crippen LogP contribution < -0.4 is 5.32 Å². The normalized spacial score (nSPS) is 24.8. The Balaban J connectivity index is 2.29. The van der Waals surface area contributed by atoms with Gasteiger partial charge >= 0.3 is 0 Å². The van der Waals surface area contributed by atoms with Crippen LogP contribution in [0, 0.1) is 5.92 Å². The minimum atomic E-state index is 0.195. The molecule has 0 spiro atoms. The van der Waals surface area contributed by atoms with Gasteiger partial charge in [0.15, 0.2) is 0 Å². The first-order valence-electron chi connectivity index (χ1n) is 7.20. The van der Waals surface area contributed by atoms with Crippen LogP contribution in [0.25, 0.3) is 0 Å². The van der Waals surface area contributed by atoms with E-state index < -0.39 is 0 Å². The van der Waals surface area contributed by atoms with Crippen LogP contribution in [0.5, 0.6) is 0 Å². The highest BCUT2D eigenvalue weighted by atomic mass is 16.1. The van der Waals surface area contributed by atoms with Crippen LogP contribution >= 0.6 is 0 Å². The van der Waals surface area contributed by atoms with Gasteiger partial charge in [-0.2, -0.15) is 0 Å².